The Labute approximate surface area is 108 Å². The Morgan fingerprint density at radius 3 is 1.76 bits per heavy atom. The van der Waals surface area contributed by atoms with Crippen LogP contribution in [0.25, 0.3) is 0 Å². The summed E-state index contributed by atoms with van der Waals surface area (Å²) in [5.41, 5.74) is 0. The van der Waals surface area contributed by atoms with E-state index < -0.39 is 0 Å². The highest BCUT2D eigenvalue weighted by atomic mass is 32.7. The molecule has 0 aromatic heterocycles. The Bertz CT molecular complexity index is 413. The highest BCUT2D eigenvalue weighted by molar-refractivity contribution is 8.60. The average Bonchev–Trinajstić information content (AvgIpc) is 2.42. The van der Waals surface area contributed by atoms with E-state index >= 15 is 0 Å². The van der Waals surface area contributed by atoms with Gasteiger partial charge in [0, 0.05) is 12.9 Å². The topological polar surface area (TPSA) is 0 Å². The van der Waals surface area contributed by atoms with Gasteiger partial charge in [-0.05, 0) is 10.6 Å². The van der Waals surface area contributed by atoms with Crippen LogP contribution in [-0.4, -0.2) is 5.75 Å². The van der Waals surface area contributed by atoms with Crippen molar-refractivity contribution in [2.45, 2.75) is 0 Å². The number of hydrogen-bond donors (Lipinski definition) is 0. The quantitative estimate of drug-likeness (QED) is 0.578. The second kappa shape index (κ2) is 6.64. The lowest BCUT2D eigenvalue weighted by Gasteiger charge is -2.16. The molecule has 0 aliphatic rings. The van der Waals surface area contributed by atoms with E-state index in [0.717, 1.165) is 5.75 Å². The summed E-state index contributed by atoms with van der Waals surface area (Å²) in [7, 11) is -0.311. The lowest BCUT2D eigenvalue weighted by Crippen LogP contribution is -2.08. The molecule has 0 amide bonds. The molecule has 0 unspecified atom stereocenters. The highest BCUT2D eigenvalue weighted by Crippen LogP contribution is 2.47. The minimum Gasteiger partial charge on any atom is -0.120 e. The van der Waals surface area contributed by atoms with Gasteiger partial charge in [0.1, 0.15) is 0 Å². The molecular weight excluding hydrogens is 243 g/mol. The first-order valence-corrected chi connectivity index (χ1v) is 8.49. The Kier molecular flexibility index (Phi) is 4.85. The third-order valence-corrected chi connectivity index (χ3v) is 6.97. The summed E-state index contributed by atoms with van der Waals surface area (Å²) >= 11 is 1.97. The van der Waals surface area contributed by atoms with Gasteiger partial charge < -0.3 is 0 Å². The molecule has 0 atom stereocenters. The Balaban J connectivity index is 2.29. The lowest BCUT2D eigenvalue weighted by molar-refractivity contribution is 1.76. The van der Waals surface area contributed by atoms with Crippen LogP contribution in [0.1, 0.15) is 0 Å². The fourth-order valence-electron chi connectivity index (χ4n) is 1.55. The van der Waals surface area contributed by atoms with Crippen LogP contribution in [0.15, 0.2) is 73.3 Å². The van der Waals surface area contributed by atoms with E-state index in [1.165, 1.54) is 10.6 Å². The Morgan fingerprint density at radius 2 is 1.35 bits per heavy atom. The fourth-order valence-corrected chi connectivity index (χ4v) is 5.68. The van der Waals surface area contributed by atoms with Crippen LogP contribution in [0, 0.1) is 0 Å². The zero-order chi connectivity index (χ0) is 11.9. The van der Waals surface area contributed by atoms with Crippen molar-refractivity contribution < 1.29 is 0 Å². The summed E-state index contributed by atoms with van der Waals surface area (Å²) < 4.78 is 0. The van der Waals surface area contributed by atoms with E-state index in [4.69, 9.17) is 0 Å². The molecule has 0 aliphatic heterocycles. The molecule has 0 saturated heterocycles. The SMILES string of the molecule is C=CCSP(c1ccccc1)c1ccccc1. The molecule has 2 aromatic carbocycles. The maximum absolute atomic E-state index is 3.81. The van der Waals surface area contributed by atoms with E-state index in [0.29, 0.717) is 0 Å². The van der Waals surface area contributed by atoms with Gasteiger partial charge in [0.25, 0.3) is 0 Å². The molecule has 2 rings (SSSR count). The van der Waals surface area contributed by atoms with Crippen LogP contribution in [0.3, 0.4) is 0 Å². The second-order valence-electron chi connectivity index (χ2n) is 3.55. The molecular formula is C15H15PS. The molecule has 0 radical (unpaired) electrons. The van der Waals surface area contributed by atoms with Gasteiger partial charge in [0.05, 0.1) is 0 Å². The summed E-state index contributed by atoms with van der Waals surface area (Å²) in [4.78, 5) is 0. The summed E-state index contributed by atoms with van der Waals surface area (Å²) in [5.74, 6) is 0.996. The standard InChI is InChI=1S/C15H15PS/c1-2-13-17-16(14-9-5-3-6-10-14)15-11-7-4-8-12-15/h2-12H,1,13H2. The van der Waals surface area contributed by atoms with Crippen molar-refractivity contribution in [3.63, 3.8) is 0 Å². The van der Waals surface area contributed by atoms with Crippen molar-refractivity contribution in [1.82, 2.24) is 0 Å². The maximum atomic E-state index is 3.81. The molecule has 0 fully saturated rings. The fraction of sp³-hybridized carbons (Fsp3) is 0.0667. The number of rotatable bonds is 5. The first-order valence-electron chi connectivity index (χ1n) is 5.56. The molecule has 0 aliphatic carbocycles. The molecule has 0 spiro atoms. The van der Waals surface area contributed by atoms with Crippen LogP contribution in [-0.2, 0) is 0 Å². The van der Waals surface area contributed by atoms with Crippen LogP contribution in [0.5, 0.6) is 0 Å². The molecule has 0 saturated carbocycles. The van der Waals surface area contributed by atoms with Crippen LogP contribution >= 0.6 is 18.5 Å². The van der Waals surface area contributed by atoms with Crippen molar-refractivity contribution in [3.8, 4) is 0 Å². The predicted octanol–water partition coefficient (Wildman–Crippen LogP) is 3.95. The molecule has 17 heavy (non-hydrogen) atoms. The van der Waals surface area contributed by atoms with E-state index in [-0.39, 0.29) is 7.12 Å². The third-order valence-electron chi connectivity index (χ3n) is 2.30. The average molecular weight is 258 g/mol. The van der Waals surface area contributed by atoms with Gasteiger partial charge in [-0.2, -0.15) is 0 Å². The normalized spacial score (nSPS) is 10.4. The molecule has 2 heteroatoms. The lowest BCUT2D eigenvalue weighted by atomic mass is 10.4. The minimum atomic E-state index is -0.311. The van der Waals surface area contributed by atoms with Crippen LogP contribution < -0.4 is 10.6 Å². The second-order valence-corrected chi connectivity index (χ2v) is 7.63. The summed E-state index contributed by atoms with van der Waals surface area (Å²) in [6.45, 7) is 3.81. The predicted molar refractivity (Wildman–Crippen MR) is 81.7 cm³/mol. The monoisotopic (exact) mass is 258 g/mol. The summed E-state index contributed by atoms with van der Waals surface area (Å²) in [6, 6.07) is 21.5. The zero-order valence-corrected chi connectivity index (χ0v) is 11.3. The maximum Gasteiger partial charge on any atom is 0.0159 e. The zero-order valence-electron chi connectivity index (χ0n) is 9.62. The van der Waals surface area contributed by atoms with Crippen molar-refractivity contribution >= 4 is 29.1 Å². The molecule has 0 bridgehead atoms. The van der Waals surface area contributed by atoms with Gasteiger partial charge in [-0.25, -0.2) is 0 Å². The van der Waals surface area contributed by atoms with Crippen LogP contribution in [0.2, 0.25) is 0 Å². The van der Waals surface area contributed by atoms with Gasteiger partial charge in [-0.3, -0.25) is 0 Å². The smallest absolute Gasteiger partial charge is 0.0159 e. The summed E-state index contributed by atoms with van der Waals surface area (Å²) in [6.07, 6.45) is 1.98. The molecule has 86 valence electrons. The van der Waals surface area contributed by atoms with Crippen molar-refractivity contribution in [2.75, 3.05) is 5.75 Å². The molecule has 0 nitrogen and oxygen atoms in total. The number of benzene rings is 2. The van der Waals surface area contributed by atoms with Gasteiger partial charge in [-0.15, -0.1) is 18.0 Å². The number of hydrogen-bond acceptors (Lipinski definition) is 1. The van der Waals surface area contributed by atoms with E-state index in [2.05, 4.69) is 67.2 Å². The van der Waals surface area contributed by atoms with E-state index in [1.807, 2.05) is 17.5 Å². The van der Waals surface area contributed by atoms with Gasteiger partial charge in [0.15, 0.2) is 0 Å². The summed E-state index contributed by atoms with van der Waals surface area (Å²) in [5, 5.41) is 2.83. The first-order chi connectivity index (χ1) is 8.42. The largest absolute Gasteiger partial charge is 0.120 e. The third kappa shape index (κ3) is 3.46. The van der Waals surface area contributed by atoms with E-state index in [1.54, 1.807) is 0 Å². The molecule has 0 N–H and O–H groups in total. The minimum absolute atomic E-state index is 0.311. The van der Waals surface area contributed by atoms with Crippen LogP contribution in [0.4, 0.5) is 0 Å². The Hall–Kier alpha value is -1.04. The van der Waals surface area contributed by atoms with Crippen molar-refractivity contribution in [3.05, 3.63) is 73.3 Å². The Morgan fingerprint density at radius 1 is 0.882 bits per heavy atom. The van der Waals surface area contributed by atoms with Gasteiger partial charge in [-0.1, -0.05) is 66.7 Å². The van der Waals surface area contributed by atoms with Gasteiger partial charge in [0.2, 0.25) is 0 Å². The highest BCUT2D eigenvalue weighted by Gasteiger charge is 2.12. The van der Waals surface area contributed by atoms with Crippen molar-refractivity contribution in [1.29, 1.82) is 0 Å². The molecule has 0 heterocycles. The molecule has 2 aromatic rings. The first kappa shape index (κ1) is 12.4. The van der Waals surface area contributed by atoms with E-state index in [9.17, 15) is 0 Å². The van der Waals surface area contributed by atoms with Gasteiger partial charge >= 0.3 is 0 Å². The van der Waals surface area contributed by atoms with Crippen molar-refractivity contribution in [2.24, 2.45) is 0 Å².